The molecule has 0 spiro atoms. The molecule has 25 heavy (non-hydrogen) atoms. The largest absolute Gasteiger partial charge is 0.493 e. The van der Waals surface area contributed by atoms with Crippen molar-refractivity contribution < 1.29 is 4.74 Å². The molecule has 0 aliphatic carbocycles. The van der Waals surface area contributed by atoms with Gasteiger partial charge in [0, 0.05) is 37.8 Å². The summed E-state index contributed by atoms with van der Waals surface area (Å²) in [6, 6.07) is 11.1. The van der Waals surface area contributed by atoms with Gasteiger partial charge in [0.1, 0.15) is 5.75 Å². The molecule has 1 aromatic carbocycles. The Kier molecular flexibility index (Phi) is 3.48. The zero-order valence-electron chi connectivity index (χ0n) is 14.4. The molecule has 2 aromatic rings. The summed E-state index contributed by atoms with van der Waals surface area (Å²) in [7, 11) is 2.18. The van der Waals surface area contributed by atoms with E-state index in [0.717, 1.165) is 38.4 Å². The van der Waals surface area contributed by atoms with Gasteiger partial charge in [-0.15, -0.1) is 0 Å². The molecule has 1 aromatic heterocycles. The second-order valence-corrected chi connectivity index (χ2v) is 7.26. The fraction of sp³-hybridized carbons (Fsp3) is 0.400. The van der Waals surface area contributed by atoms with Crippen LogP contribution in [0, 0.1) is 5.92 Å². The number of hydrogen-bond donors (Lipinski definition) is 0. The summed E-state index contributed by atoms with van der Waals surface area (Å²) in [6.07, 6.45) is 4.77. The molecule has 5 heteroatoms. The molecule has 3 aliphatic heterocycles. The maximum atomic E-state index is 5.68. The van der Waals surface area contributed by atoms with Crippen molar-refractivity contribution in [2.24, 2.45) is 11.0 Å². The molecule has 0 bridgehead atoms. The smallest absolute Gasteiger partial charge is 0.122 e. The van der Waals surface area contributed by atoms with Crippen LogP contribution in [0.5, 0.6) is 5.75 Å². The van der Waals surface area contributed by atoms with Crippen LogP contribution in [0.25, 0.3) is 0 Å². The standard InChI is InChI=1S/C20H22N4O/c1-23-12-17-18(13-23)22-24(11-14-3-2-7-21-10-14)20(17)16-4-5-19-15(9-16)6-8-25-19/h2-5,7,9-10,17,20H,6,8,11-13H2,1H3. The fourth-order valence-corrected chi connectivity index (χ4v) is 4.33. The van der Waals surface area contributed by atoms with E-state index in [1.54, 1.807) is 0 Å². The number of rotatable bonds is 3. The minimum Gasteiger partial charge on any atom is -0.493 e. The summed E-state index contributed by atoms with van der Waals surface area (Å²) in [4.78, 5) is 6.63. The predicted molar refractivity (Wildman–Crippen MR) is 96.6 cm³/mol. The Morgan fingerprint density at radius 2 is 2.24 bits per heavy atom. The van der Waals surface area contributed by atoms with Gasteiger partial charge in [-0.25, -0.2) is 0 Å². The van der Waals surface area contributed by atoms with Crippen LogP contribution in [0.3, 0.4) is 0 Å². The van der Waals surface area contributed by atoms with Crippen LogP contribution >= 0.6 is 0 Å². The van der Waals surface area contributed by atoms with Crippen LogP contribution in [-0.2, 0) is 13.0 Å². The van der Waals surface area contributed by atoms with Gasteiger partial charge in [0.2, 0.25) is 0 Å². The molecule has 2 atom stereocenters. The average molecular weight is 334 g/mol. The minimum absolute atomic E-state index is 0.297. The maximum Gasteiger partial charge on any atom is 0.122 e. The van der Waals surface area contributed by atoms with E-state index in [9.17, 15) is 0 Å². The number of fused-ring (bicyclic) bond motifs is 2. The third kappa shape index (κ3) is 2.59. The number of likely N-dealkylation sites (tertiary alicyclic amines) is 1. The highest BCUT2D eigenvalue weighted by molar-refractivity contribution is 5.92. The summed E-state index contributed by atoms with van der Waals surface area (Å²) in [5.74, 6) is 1.52. The Balaban J connectivity index is 1.50. The molecule has 3 aliphatic rings. The zero-order valence-corrected chi connectivity index (χ0v) is 14.4. The Morgan fingerprint density at radius 3 is 3.12 bits per heavy atom. The first kappa shape index (κ1) is 14.9. The number of nitrogens with zero attached hydrogens (tertiary/aromatic N) is 4. The van der Waals surface area contributed by atoms with E-state index < -0.39 is 0 Å². The van der Waals surface area contributed by atoms with E-state index in [-0.39, 0.29) is 0 Å². The topological polar surface area (TPSA) is 41.0 Å². The minimum atomic E-state index is 0.297. The zero-order chi connectivity index (χ0) is 16.8. The van der Waals surface area contributed by atoms with Crippen LogP contribution < -0.4 is 4.74 Å². The molecule has 0 amide bonds. The van der Waals surface area contributed by atoms with Gasteiger partial charge in [-0.05, 0) is 41.9 Å². The molecule has 2 unspecified atom stereocenters. The fourth-order valence-electron chi connectivity index (χ4n) is 4.33. The lowest BCUT2D eigenvalue weighted by Crippen LogP contribution is -2.27. The van der Waals surface area contributed by atoms with Crippen molar-refractivity contribution in [1.82, 2.24) is 14.9 Å². The van der Waals surface area contributed by atoms with Gasteiger partial charge >= 0.3 is 0 Å². The number of aromatic nitrogens is 1. The Hall–Kier alpha value is -2.40. The first-order valence-corrected chi connectivity index (χ1v) is 8.95. The van der Waals surface area contributed by atoms with E-state index in [1.165, 1.54) is 22.4 Å². The molecule has 0 radical (unpaired) electrons. The third-order valence-electron chi connectivity index (χ3n) is 5.45. The van der Waals surface area contributed by atoms with Crippen molar-refractivity contribution in [2.45, 2.75) is 19.0 Å². The molecular formula is C20H22N4O. The van der Waals surface area contributed by atoms with Crippen LogP contribution in [0.1, 0.15) is 22.7 Å². The summed E-state index contributed by atoms with van der Waals surface area (Å²) in [5.41, 5.74) is 5.20. The molecule has 4 heterocycles. The normalized spacial score (nSPS) is 24.8. The molecule has 0 saturated carbocycles. The summed E-state index contributed by atoms with van der Waals surface area (Å²) in [5, 5.41) is 7.26. The van der Waals surface area contributed by atoms with Crippen molar-refractivity contribution in [3.8, 4) is 5.75 Å². The predicted octanol–water partition coefficient (Wildman–Crippen LogP) is 2.49. The lowest BCUT2D eigenvalue weighted by molar-refractivity contribution is 0.179. The van der Waals surface area contributed by atoms with Gasteiger partial charge in [0.05, 0.1) is 24.9 Å². The molecule has 128 valence electrons. The van der Waals surface area contributed by atoms with Crippen molar-refractivity contribution in [1.29, 1.82) is 0 Å². The van der Waals surface area contributed by atoms with E-state index in [4.69, 9.17) is 9.84 Å². The quantitative estimate of drug-likeness (QED) is 0.865. The number of hydrogen-bond acceptors (Lipinski definition) is 5. The summed E-state index contributed by atoms with van der Waals surface area (Å²) < 4.78 is 5.68. The van der Waals surface area contributed by atoms with Gasteiger partial charge in [-0.2, -0.15) is 5.10 Å². The van der Waals surface area contributed by atoms with Gasteiger partial charge < -0.3 is 9.64 Å². The monoisotopic (exact) mass is 334 g/mol. The molecule has 5 rings (SSSR count). The first-order valence-electron chi connectivity index (χ1n) is 8.95. The van der Waals surface area contributed by atoms with E-state index in [1.807, 2.05) is 18.5 Å². The summed E-state index contributed by atoms with van der Waals surface area (Å²) >= 11 is 0. The molecule has 0 N–H and O–H groups in total. The Bertz CT molecular complexity index is 820. The van der Waals surface area contributed by atoms with Crippen LogP contribution in [0.15, 0.2) is 47.8 Å². The van der Waals surface area contributed by atoms with Crippen molar-refractivity contribution in [3.63, 3.8) is 0 Å². The highest BCUT2D eigenvalue weighted by Crippen LogP contribution is 2.41. The first-order chi connectivity index (χ1) is 12.3. The van der Waals surface area contributed by atoms with E-state index >= 15 is 0 Å². The molecule has 5 nitrogen and oxygen atoms in total. The number of benzene rings is 1. The third-order valence-corrected chi connectivity index (χ3v) is 5.45. The second kappa shape index (κ2) is 5.85. The maximum absolute atomic E-state index is 5.68. The van der Waals surface area contributed by atoms with E-state index in [0.29, 0.717) is 12.0 Å². The van der Waals surface area contributed by atoms with Crippen molar-refractivity contribution in [3.05, 3.63) is 59.4 Å². The van der Waals surface area contributed by atoms with Crippen LogP contribution in [-0.4, -0.2) is 47.3 Å². The molecule has 1 saturated heterocycles. The van der Waals surface area contributed by atoms with Gasteiger partial charge in [0.15, 0.2) is 0 Å². The van der Waals surface area contributed by atoms with Gasteiger partial charge in [-0.1, -0.05) is 12.1 Å². The van der Waals surface area contributed by atoms with Crippen molar-refractivity contribution in [2.75, 3.05) is 26.7 Å². The average Bonchev–Trinajstić information content (AvgIpc) is 3.29. The van der Waals surface area contributed by atoms with Gasteiger partial charge in [0.25, 0.3) is 0 Å². The lowest BCUT2D eigenvalue weighted by atomic mass is 9.90. The summed E-state index contributed by atoms with van der Waals surface area (Å²) in [6.45, 7) is 3.64. The SMILES string of the molecule is CN1CC2=NN(Cc3cccnc3)C(c3ccc4c(c3)CCO4)C2C1. The van der Waals surface area contributed by atoms with Crippen LogP contribution in [0.2, 0.25) is 0 Å². The number of pyridine rings is 1. The van der Waals surface area contributed by atoms with E-state index in [2.05, 4.69) is 46.2 Å². The highest BCUT2D eigenvalue weighted by Gasteiger charge is 2.42. The Morgan fingerprint density at radius 1 is 1.28 bits per heavy atom. The van der Waals surface area contributed by atoms with Crippen molar-refractivity contribution >= 4 is 5.71 Å². The van der Waals surface area contributed by atoms with Gasteiger partial charge in [-0.3, -0.25) is 9.99 Å². The lowest BCUT2D eigenvalue weighted by Gasteiger charge is -2.28. The number of ether oxygens (including phenoxy) is 1. The molecule has 1 fully saturated rings. The number of hydrazone groups is 1. The Labute approximate surface area is 147 Å². The molecular weight excluding hydrogens is 312 g/mol. The second-order valence-electron chi connectivity index (χ2n) is 7.26. The van der Waals surface area contributed by atoms with Crippen LogP contribution in [0.4, 0.5) is 0 Å². The highest BCUT2D eigenvalue weighted by atomic mass is 16.5.